The second-order valence-electron chi connectivity index (χ2n) is 4.11. The summed E-state index contributed by atoms with van der Waals surface area (Å²) in [7, 11) is 0. The molecule has 2 heteroatoms. The quantitative estimate of drug-likeness (QED) is 0.321. The van der Waals surface area contributed by atoms with E-state index in [1.807, 2.05) is 13.8 Å². The van der Waals surface area contributed by atoms with E-state index in [0.29, 0.717) is 12.8 Å². The summed E-state index contributed by atoms with van der Waals surface area (Å²) in [5, 5.41) is 0. The maximum Gasteiger partial charge on any atom is 0.174 e. The van der Waals surface area contributed by atoms with Crippen LogP contribution in [0, 0.1) is 11.5 Å². The monoisotopic (exact) mass is 177 g/mol. The van der Waals surface area contributed by atoms with Crippen molar-refractivity contribution in [2.24, 2.45) is 5.41 Å². The van der Waals surface area contributed by atoms with Crippen LogP contribution in [0.3, 0.4) is 0 Å². The Bertz CT molecular complexity index is 293. The van der Waals surface area contributed by atoms with Crippen molar-refractivity contribution >= 4 is 11.6 Å². The first-order valence-electron chi connectivity index (χ1n) is 4.32. The zero-order valence-electron chi connectivity index (χ0n) is 8.23. The predicted octanol–water partition coefficient (Wildman–Crippen LogP) is 1.85. The summed E-state index contributed by atoms with van der Waals surface area (Å²) in [6, 6.07) is 0. The van der Waals surface area contributed by atoms with Gasteiger partial charge in [0.25, 0.3) is 0 Å². The zero-order chi connectivity index (χ0) is 10.1. The lowest BCUT2D eigenvalue weighted by Gasteiger charge is -2.27. The molecule has 0 spiro atoms. The number of allylic oxidation sites excluding steroid dienone is 1. The van der Waals surface area contributed by atoms with Crippen molar-refractivity contribution in [1.29, 1.82) is 0 Å². The molecule has 0 saturated heterocycles. The summed E-state index contributed by atoms with van der Waals surface area (Å²) < 4.78 is 0. The molecule has 0 atom stereocenters. The van der Waals surface area contributed by atoms with Crippen molar-refractivity contribution in [2.75, 3.05) is 0 Å². The van der Waals surface area contributed by atoms with E-state index in [4.69, 9.17) is 0 Å². The van der Waals surface area contributed by atoms with E-state index in [2.05, 4.69) is 11.8 Å². The highest BCUT2D eigenvalue weighted by Gasteiger charge is 2.35. The van der Waals surface area contributed by atoms with Gasteiger partial charge < -0.3 is 0 Å². The maximum absolute atomic E-state index is 11.4. The van der Waals surface area contributed by atoms with Crippen molar-refractivity contribution in [1.82, 2.24) is 0 Å². The number of ketones is 2. The fraction of sp³-hybridized carbons (Fsp3) is 0.545. The van der Waals surface area contributed by atoms with Crippen LogP contribution in [0.5, 0.6) is 0 Å². The molecule has 1 saturated carbocycles. The molecule has 0 amide bonds. The van der Waals surface area contributed by atoms with Crippen LogP contribution in [-0.2, 0) is 9.59 Å². The molecule has 0 heterocycles. The molecule has 1 fully saturated rings. The second-order valence-corrected chi connectivity index (χ2v) is 4.11. The van der Waals surface area contributed by atoms with Gasteiger partial charge in [0, 0.05) is 18.9 Å². The van der Waals surface area contributed by atoms with Crippen LogP contribution in [0.25, 0.3) is 0 Å². The van der Waals surface area contributed by atoms with Gasteiger partial charge in [-0.1, -0.05) is 13.8 Å². The van der Waals surface area contributed by atoms with Gasteiger partial charge in [0.15, 0.2) is 11.6 Å². The van der Waals surface area contributed by atoms with Gasteiger partial charge in [-0.2, -0.15) is 0 Å². The van der Waals surface area contributed by atoms with Crippen LogP contribution in [-0.4, -0.2) is 11.6 Å². The fourth-order valence-electron chi connectivity index (χ4n) is 1.53. The van der Waals surface area contributed by atoms with E-state index in [1.54, 1.807) is 6.92 Å². The Labute approximate surface area is 78.3 Å². The third-order valence-corrected chi connectivity index (χ3v) is 2.09. The number of hydrogen-bond acceptors (Lipinski definition) is 2. The molecule has 0 bridgehead atoms. The minimum absolute atomic E-state index is 0.101. The average molecular weight is 177 g/mol. The Balaban J connectivity index is 3.03. The average Bonchev–Trinajstić information content (AvgIpc) is 1.94. The summed E-state index contributed by atoms with van der Waals surface area (Å²) in [6.07, 6.45) is 3.46. The van der Waals surface area contributed by atoms with Crippen LogP contribution in [0.2, 0.25) is 0 Å². The topological polar surface area (TPSA) is 34.1 Å². The van der Waals surface area contributed by atoms with Crippen LogP contribution >= 0.6 is 0 Å². The maximum atomic E-state index is 11.4. The SMILES string of the molecule is C[C]=C=C1C(=O)CC(C)(C)CC1=O. The molecule has 0 aromatic rings. The Morgan fingerprint density at radius 3 is 2.00 bits per heavy atom. The number of Topliss-reactive ketones (excluding diaryl/α,β-unsaturated/α-hetero) is 2. The minimum Gasteiger partial charge on any atom is -0.293 e. The van der Waals surface area contributed by atoms with E-state index >= 15 is 0 Å². The van der Waals surface area contributed by atoms with Gasteiger partial charge >= 0.3 is 0 Å². The third kappa shape index (κ3) is 2.16. The number of hydrogen-bond donors (Lipinski definition) is 0. The summed E-state index contributed by atoms with van der Waals surface area (Å²) in [6.45, 7) is 5.49. The van der Waals surface area contributed by atoms with Crippen molar-refractivity contribution in [2.45, 2.75) is 33.6 Å². The highest BCUT2D eigenvalue weighted by Crippen LogP contribution is 2.32. The van der Waals surface area contributed by atoms with Gasteiger partial charge in [-0.25, -0.2) is 0 Å². The standard InChI is InChI=1S/C11H13O2/c1-4-5-8-9(12)6-11(2,3)7-10(8)13/h6-7H2,1-3H3. The van der Waals surface area contributed by atoms with E-state index in [1.165, 1.54) is 0 Å². The zero-order valence-corrected chi connectivity index (χ0v) is 8.23. The predicted molar refractivity (Wildman–Crippen MR) is 49.0 cm³/mol. The summed E-state index contributed by atoms with van der Waals surface area (Å²) in [5.74, 6) is -0.203. The lowest BCUT2D eigenvalue weighted by atomic mass is 9.74. The highest BCUT2D eigenvalue weighted by atomic mass is 16.1. The molecule has 2 nitrogen and oxygen atoms in total. The first kappa shape index (κ1) is 9.94. The molecule has 0 aromatic heterocycles. The number of rotatable bonds is 0. The Hall–Kier alpha value is -1.14. The van der Waals surface area contributed by atoms with Crippen LogP contribution in [0.4, 0.5) is 0 Å². The van der Waals surface area contributed by atoms with Gasteiger partial charge in [-0.05, 0) is 12.3 Å². The van der Waals surface area contributed by atoms with Crippen molar-refractivity contribution < 1.29 is 9.59 Å². The highest BCUT2D eigenvalue weighted by molar-refractivity contribution is 6.21. The van der Waals surface area contributed by atoms with Gasteiger partial charge in [0.2, 0.25) is 0 Å². The molecule has 0 aliphatic heterocycles. The van der Waals surface area contributed by atoms with E-state index < -0.39 is 0 Å². The first-order valence-corrected chi connectivity index (χ1v) is 4.32. The van der Waals surface area contributed by atoms with Crippen molar-refractivity contribution in [3.05, 3.63) is 17.4 Å². The van der Waals surface area contributed by atoms with E-state index in [0.717, 1.165) is 0 Å². The van der Waals surface area contributed by atoms with Crippen LogP contribution in [0.15, 0.2) is 11.3 Å². The largest absolute Gasteiger partial charge is 0.293 e. The molecule has 0 unspecified atom stereocenters. The van der Waals surface area contributed by atoms with Gasteiger partial charge in [0.05, 0.1) is 0 Å². The number of carbonyl (C=O) groups is 2. The Morgan fingerprint density at radius 1 is 1.15 bits per heavy atom. The fourth-order valence-corrected chi connectivity index (χ4v) is 1.53. The number of carbonyl (C=O) groups excluding carboxylic acids is 2. The molecule has 1 aliphatic rings. The Morgan fingerprint density at radius 2 is 1.62 bits per heavy atom. The summed E-state index contributed by atoms with van der Waals surface area (Å²) in [4.78, 5) is 22.9. The van der Waals surface area contributed by atoms with Crippen molar-refractivity contribution in [3.63, 3.8) is 0 Å². The molecule has 1 aliphatic carbocycles. The normalized spacial score (nSPS) is 21.3. The summed E-state index contributed by atoms with van der Waals surface area (Å²) >= 11 is 0. The minimum atomic E-state index is -0.187. The van der Waals surface area contributed by atoms with Crippen molar-refractivity contribution in [3.8, 4) is 0 Å². The molecule has 13 heavy (non-hydrogen) atoms. The molecule has 1 rings (SSSR count). The third-order valence-electron chi connectivity index (χ3n) is 2.09. The van der Waals surface area contributed by atoms with E-state index in [9.17, 15) is 9.59 Å². The van der Waals surface area contributed by atoms with Crippen LogP contribution < -0.4 is 0 Å². The lowest BCUT2D eigenvalue weighted by Crippen LogP contribution is -2.31. The van der Waals surface area contributed by atoms with E-state index in [-0.39, 0.29) is 22.6 Å². The molecule has 0 N–H and O–H groups in total. The summed E-state index contributed by atoms with van der Waals surface area (Å²) in [5.41, 5.74) is 2.60. The Kier molecular flexibility index (Phi) is 2.53. The molecular formula is C11H13O2. The molecule has 69 valence electrons. The molecular weight excluding hydrogens is 164 g/mol. The smallest absolute Gasteiger partial charge is 0.174 e. The van der Waals surface area contributed by atoms with Gasteiger partial charge in [-0.15, -0.1) is 5.73 Å². The molecule has 1 radical (unpaired) electrons. The van der Waals surface area contributed by atoms with Gasteiger partial charge in [0.1, 0.15) is 5.57 Å². The lowest BCUT2D eigenvalue weighted by molar-refractivity contribution is -0.127. The van der Waals surface area contributed by atoms with Gasteiger partial charge in [-0.3, -0.25) is 9.59 Å². The molecule has 0 aromatic carbocycles. The first-order chi connectivity index (χ1) is 5.96. The second kappa shape index (κ2) is 3.31. The van der Waals surface area contributed by atoms with Crippen LogP contribution in [0.1, 0.15) is 33.6 Å².